The smallest absolute Gasteiger partial charge is 0.460 e. The van der Waals surface area contributed by atoms with Gasteiger partial charge in [-0.25, -0.2) is 4.79 Å². The molecule has 4 aliphatic carbocycles. The Kier molecular flexibility index (Phi) is 4.15. The number of carbonyl (C=O) groups is 2. The molecule has 0 heterocycles. The third-order valence-corrected chi connectivity index (χ3v) is 6.37. The van der Waals surface area contributed by atoms with Gasteiger partial charge in [0.05, 0.1) is 6.61 Å². The van der Waals surface area contributed by atoms with Crippen molar-refractivity contribution in [2.45, 2.75) is 56.3 Å². The van der Waals surface area contributed by atoms with Crippen molar-refractivity contribution in [1.29, 1.82) is 0 Å². The van der Waals surface area contributed by atoms with E-state index in [0.29, 0.717) is 32.1 Å². The molecule has 0 aromatic rings. The second-order valence-electron chi connectivity index (χ2n) is 7.81. The number of halogens is 2. The van der Waals surface area contributed by atoms with Gasteiger partial charge in [-0.1, -0.05) is 0 Å². The fourth-order valence-electron chi connectivity index (χ4n) is 5.37. The molecule has 0 aromatic carbocycles. The third-order valence-electron chi connectivity index (χ3n) is 5.56. The second kappa shape index (κ2) is 5.60. The number of hydrogen-bond acceptors (Lipinski definition) is 6. The van der Waals surface area contributed by atoms with E-state index in [1.54, 1.807) is 0 Å². The highest BCUT2D eigenvalue weighted by Gasteiger charge is 2.61. The lowest BCUT2D eigenvalue weighted by Crippen LogP contribution is -2.59. The lowest BCUT2D eigenvalue weighted by atomic mass is 9.48. The number of esters is 2. The third kappa shape index (κ3) is 3.25. The summed E-state index contributed by atoms with van der Waals surface area (Å²) in [6, 6.07) is 0. The van der Waals surface area contributed by atoms with Crippen molar-refractivity contribution < 1.29 is 40.8 Å². The Morgan fingerprint density at radius 1 is 1.20 bits per heavy atom. The van der Waals surface area contributed by atoms with Crippen LogP contribution in [0.4, 0.5) is 8.78 Å². The molecule has 0 aromatic heterocycles. The van der Waals surface area contributed by atoms with Crippen LogP contribution in [0.2, 0.25) is 0 Å². The summed E-state index contributed by atoms with van der Waals surface area (Å²) < 4.78 is 66.6. The summed E-state index contributed by atoms with van der Waals surface area (Å²) in [7, 11) is -5.89. The molecule has 142 valence electrons. The average Bonchev–Trinajstić information content (AvgIpc) is 2.40. The second-order valence-corrected chi connectivity index (χ2v) is 9.27. The highest BCUT2D eigenvalue weighted by Crippen LogP contribution is 2.62. The Bertz CT molecular complexity index is 689. The largest absolute Gasteiger partial charge is 0.465 e. The van der Waals surface area contributed by atoms with Crippen LogP contribution < -0.4 is 0 Å². The molecule has 4 aliphatic rings. The predicted octanol–water partition coefficient (Wildman–Crippen LogP) is 1.91. The minimum atomic E-state index is -5.89. The van der Waals surface area contributed by atoms with E-state index in [-0.39, 0.29) is 18.4 Å². The first-order chi connectivity index (χ1) is 11.4. The molecule has 10 heteroatoms. The van der Waals surface area contributed by atoms with Crippen LogP contribution in [0.3, 0.4) is 0 Å². The van der Waals surface area contributed by atoms with Gasteiger partial charge in [-0.15, -0.1) is 0 Å². The van der Waals surface area contributed by atoms with Gasteiger partial charge in [0.25, 0.3) is 0 Å². The standard InChI is InChI=1S/C15H20F2O7S/c1-9(18)24-14-5-10-2-11(6-14)4-13(3-10,7-14)8-23-12(19)15(16,17)25(20,21)22/h10-11H,2-8H2,1H3,(H,20,21,22). The van der Waals surface area contributed by atoms with Gasteiger partial charge in [0.1, 0.15) is 5.60 Å². The molecule has 4 fully saturated rings. The van der Waals surface area contributed by atoms with Crippen LogP contribution >= 0.6 is 0 Å². The first-order valence-corrected chi connectivity index (χ1v) is 9.52. The van der Waals surface area contributed by atoms with Gasteiger partial charge in [-0.05, 0) is 50.4 Å². The van der Waals surface area contributed by atoms with Crippen LogP contribution in [0.1, 0.15) is 45.4 Å². The Labute approximate surface area is 143 Å². The summed E-state index contributed by atoms with van der Waals surface area (Å²) in [6.45, 7) is 0.935. The van der Waals surface area contributed by atoms with Crippen LogP contribution in [0.25, 0.3) is 0 Å². The SMILES string of the molecule is CC(=O)OC12CC3CC(CC(COC(=O)C(F)(F)S(=O)(=O)O)(C3)C1)C2. The van der Waals surface area contributed by atoms with Crippen molar-refractivity contribution in [3.8, 4) is 0 Å². The topological polar surface area (TPSA) is 107 Å². The molecule has 0 spiro atoms. The van der Waals surface area contributed by atoms with E-state index < -0.39 is 38.3 Å². The average molecular weight is 382 g/mol. The van der Waals surface area contributed by atoms with Gasteiger partial charge in [-0.3, -0.25) is 9.35 Å². The van der Waals surface area contributed by atoms with E-state index in [0.717, 1.165) is 6.42 Å². The number of ether oxygens (including phenoxy) is 2. The Morgan fingerprint density at radius 2 is 1.76 bits per heavy atom. The lowest BCUT2D eigenvalue weighted by molar-refractivity contribution is -0.211. The monoisotopic (exact) mass is 382 g/mol. The summed E-state index contributed by atoms with van der Waals surface area (Å²) in [6.07, 6.45) is 4.07. The minimum Gasteiger partial charge on any atom is -0.460 e. The fourth-order valence-corrected chi connectivity index (χ4v) is 5.64. The number of hydrogen-bond donors (Lipinski definition) is 1. The molecule has 0 radical (unpaired) electrons. The molecule has 25 heavy (non-hydrogen) atoms. The van der Waals surface area contributed by atoms with Crippen molar-refractivity contribution in [3.05, 3.63) is 0 Å². The van der Waals surface area contributed by atoms with Gasteiger partial charge in [0, 0.05) is 12.3 Å². The van der Waals surface area contributed by atoms with E-state index in [1.165, 1.54) is 6.92 Å². The van der Waals surface area contributed by atoms with Crippen LogP contribution in [-0.2, 0) is 29.2 Å². The van der Waals surface area contributed by atoms with E-state index in [9.17, 15) is 26.8 Å². The van der Waals surface area contributed by atoms with Crippen molar-refractivity contribution in [3.63, 3.8) is 0 Å². The van der Waals surface area contributed by atoms with Crippen molar-refractivity contribution in [2.75, 3.05) is 6.61 Å². The zero-order chi connectivity index (χ0) is 18.7. The zero-order valence-electron chi connectivity index (χ0n) is 13.7. The first-order valence-electron chi connectivity index (χ1n) is 8.08. The number of alkyl halides is 2. The number of carbonyl (C=O) groups excluding carboxylic acids is 2. The first kappa shape index (κ1) is 18.5. The van der Waals surface area contributed by atoms with Gasteiger partial charge < -0.3 is 9.47 Å². The van der Waals surface area contributed by atoms with Crippen LogP contribution in [0.15, 0.2) is 0 Å². The summed E-state index contributed by atoms with van der Waals surface area (Å²) in [5.41, 5.74) is -1.27. The van der Waals surface area contributed by atoms with Crippen LogP contribution in [0, 0.1) is 17.3 Å². The molecule has 2 atom stereocenters. The van der Waals surface area contributed by atoms with E-state index in [4.69, 9.17) is 9.29 Å². The Morgan fingerprint density at radius 3 is 2.24 bits per heavy atom. The van der Waals surface area contributed by atoms with Crippen molar-refractivity contribution in [2.24, 2.45) is 17.3 Å². The molecule has 4 bridgehead atoms. The highest BCUT2D eigenvalue weighted by molar-refractivity contribution is 7.87. The number of rotatable bonds is 5. The van der Waals surface area contributed by atoms with Crippen molar-refractivity contribution >= 4 is 22.1 Å². The van der Waals surface area contributed by atoms with E-state index in [1.807, 2.05) is 0 Å². The normalized spacial score (nSPS) is 37.0. The van der Waals surface area contributed by atoms with E-state index in [2.05, 4.69) is 4.74 Å². The van der Waals surface area contributed by atoms with Gasteiger partial charge in [-0.2, -0.15) is 17.2 Å². The molecule has 4 rings (SSSR count). The lowest BCUT2D eigenvalue weighted by Gasteiger charge is -2.60. The minimum absolute atomic E-state index is 0.251. The maximum atomic E-state index is 13.3. The molecular weight excluding hydrogens is 362 g/mol. The molecule has 0 aliphatic heterocycles. The predicted molar refractivity (Wildman–Crippen MR) is 79.1 cm³/mol. The summed E-state index contributed by atoms with van der Waals surface area (Å²) >= 11 is 0. The van der Waals surface area contributed by atoms with E-state index >= 15 is 0 Å². The van der Waals surface area contributed by atoms with Gasteiger partial charge in [0.2, 0.25) is 0 Å². The van der Waals surface area contributed by atoms with Gasteiger partial charge in [0.15, 0.2) is 0 Å². The van der Waals surface area contributed by atoms with Crippen LogP contribution in [0.5, 0.6) is 0 Å². The summed E-state index contributed by atoms with van der Waals surface area (Å²) in [4.78, 5) is 22.9. The summed E-state index contributed by atoms with van der Waals surface area (Å²) in [5.74, 6) is -2.19. The maximum absolute atomic E-state index is 13.3. The summed E-state index contributed by atoms with van der Waals surface area (Å²) in [5, 5.41) is -5.00. The maximum Gasteiger partial charge on any atom is 0.465 e. The molecule has 0 saturated heterocycles. The molecule has 2 unspecified atom stereocenters. The zero-order valence-corrected chi connectivity index (χ0v) is 14.5. The molecule has 4 saturated carbocycles. The van der Waals surface area contributed by atoms with Gasteiger partial charge >= 0.3 is 27.3 Å². The highest BCUT2D eigenvalue weighted by atomic mass is 32.2. The molecule has 1 N–H and O–H groups in total. The quantitative estimate of drug-likeness (QED) is 0.572. The Hall–Kier alpha value is -1.29. The Balaban J connectivity index is 1.74. The van der Waals surface area contributed by atoms with Crippen molar-refractivity contribution in [1.82, 2.24) is 0 Å². The molecule has 7 nitrogen and oxygen atoms in total. The van der Waals surface area contributed by atoms with Crippen LogP contribution in [-0.4, -0.2) is 42.4 Å². The molecular formula is C15H20F2O7S. The fraction of sp³-hybridized carbons (Fsp3) is 0.867. The molecule has 0 amide bonds.